The summed E-state index contributed by atoms with van der Waals surface area (Å²) in [6.45, 7) is 1.71. The molecular weight excluding hydrogens is 669 g/mol. The minimum Gasteiger partial charge on any atom is -0.487 e. The Bertz CT molecular complexity index is 1360. The van der Waals surface area contributed by atoms with E-state index in [9.17, 15) is 19.3 Å². The molecule has 0 atom stereocenters. The number of nitro groups is 1. The van der Waals surface area contributed by atoms with E-state index in [1.54, 1.807) is 43.3 Å². The van der Waals surface area contributed by atoms with Gasteiger partial charge in [0.15, 0.2) is 5.70 Å². The van der Waals surface area contributed by atoms with Gasteiger partial charge in [0.05, 0.1) is 12.1 Å². The molecule has 3 aromatic carbocycles. The molecule has 10 heteroatoms. The normalized spacial score (nSPS) is 14.2. The first-order chi connectivity index (χ1) is 16.2. The van der Waals surface area contributed by atoms with Crippen LogP contribution in [0.25, 0.3) is 6.08 Å². The Morgan fingerprint density at radius 1 is 1.15 bits per heavy atom. The van der Waals surface area contributed by atoms with Crippen molar-refractivity contribution in [2.75, 3.05) is 0 Å². The highest BCUT2D eigenvalue weighted by Gasteiger charge is 2.26. The molecule has 0 aliphatic carbocycles. The van der Waals surface area contributed by atoms with E-state index in [0.717, 1.165) is 7.14 Å². The Balaban J connectivity index is 1.58. The second kappa shape index (κ2) is 10.2. The van der Waals surface area contributed by atoms with Crippen molar-refractivity contribution in [1.82, 2.24) is 0 Å². The molecule has 34 heavy (non-hydrogen) atoms. The van der Waals surface area contributed by atoms with Crippen molar-refractivity contribution in [3.63, 3.8) is 0 Å². The lowest BCUT2D eigenvalue weighted by molar-refractivity contribution is -0.385. The van der Waals surface area contributed by atoms with Crippen molar-refractivity contribution in [2.24, 2.45) is 4.99 Å². The first kappa shape index (κ1) is 24.3. The molecule has 0 unspecified atom stereocenters. The summed E-state index contributed by atoms with van der Waals surface area (Å²) in [5.74, 6) is -0.366. The van der Waals surface area contributed by atoms with Crippen LogP contribution in [0.4, 0.5) is 10.1 Å². The number of nitrogens with zero attached hydrogens (tertiary/aromatic N) is 2. The lowest BCUT2D eigenvalue weighted by atomic mass is 10.1. The van der Waals surface area contributed by atoms with Crippen LogP contribution in [0, 0.1) is 30.0 Å². The molecule has 0 N–H and O–H groups in total. The molecule has 1 aliphatic rings. The fourth-order valence-electron chi connectivity index (χ4n) is 3.20. The quantitative estimate of drug-likeness (QED) is 0.102. The highest BCUT2D eigenvalue weighted by Crippen LogP contribution is 2.31. The molecule has 0 saturated carbocycles. The molecule has 1 aliphatic heterocycles. The van der Waals surface area contributed by atoms with Crippen LogP contribution in [-0.2, 0) is 16.1 Å². The number of benzene rings is 3. The third-order valence-electron chi connectivity index (χ3n) is 4.93. The highest BCUT2D eigenvalue weighted by molar-refractivity contribution is 14.1. The zero-order chi connectivity index (χ0) is 24.4. The van der Waals surface area contributed by atoms with Crippen molar-refractivity contribution in [3.8, 4) is 5.75 Å². The van der Waals surface area contributed by atoms with Crippen LogP contribution in [0.1, 0.15) is 22.3 Å². The van der Waals surface area contributed by atoms with Gasteiger partial charge in [0.1, 0.15) is 18.2 Å². The monoisotopic (exact) mass is 684 g/mol. The third kappa shape index (κ3) is 5.27. The number of aryl methyl sites for hydroxylation is 1. The summed E-state index contributed by atoms with van der Waals surface area (Å²) in [4.78, 5) is 27.3. The molecule has 172 valence electrons. The molecule has 0 aromatic heterocycles. The van der Waals surface area contributed by atoms with Crippen molar-refractivity contribution in [3.05, 3.63) is 106 Å². The molecule has 0 radical (unpaired) electrons. The first-order valence-corrected chi connectivity index (χ1v) is 12.0. The largest absolute Gasteiger partial charge is 0.487 e. The fourth-order valence-corrected chi connectivity index (χ4v) is 5.32. The lowest BCUT2D eigenvalue weighted by Gasteiger charge is -2.12. The van der Waals surface area contributed by atoms with Crippen molar-refractivity contribution in [2.45, 2.75) is 13.5 Å². The summed E-state index contributed by atoms with van der Waals surface area (Å²) in [6, 6.07) is 14.6. The van der Waals surface area contributed by atoms with Gasteiger partial charge < -0.3 is 9.47 Å². The van der Waals surface area contributed by atoms with Crippen LogP contribution in [0.5, 0.6) is 5.75 Å². The van der Waals surface area contributed by atoms with Gasteiger partial charge in [-0.15, -0.1) is 0 Å². The van der Waals surface area contributed by atoms with Crippen molar-refractivity contribution >= 4 is 68.8 Å². The predicted molar refractivity (Wildman–Crippen MR) is 141 cm³/mol. The van der Waals surface area contributed by atoms with E-state index in [2.05, 4.69) is 50.2 Å². The van der Waals surface area contributed by atoms with E-state index >= 15 is 0 Å². The summed E-state index contributed by atoms with van der Waals surface area (Å²) in [5, 5.41) is 11.2. The summed E-state index contributed by atoms with van der Waals surface area (Å²) < 4.78 is 26.5. The number of halogens is 3. The number of ether oxygens (including phenoxy) is 2. The van der Waals surface area contributed by atoms with E-state index in [1.165, 1.54) is 12.1 Å². The van der Waals surface area contributed by atoms with Crippen molar-refractivity contribution in [1.29, 1.82) is 0 Å². The Hall–Kier alpha value is -2.87. The zero-order valence-electron chi connectivity index (χ0n) is 17.6. The molecule has 0 fully saturated rings. The SMILES string of the molecule is Cc1ccc(C2=N/C(=C\c3cc(I)c(OCc4ccccc4F)c(I)c3)C(=O)O2)cc1[N+](=O)[O-]. The summed E-state index contributed by atoms with van der Waals surface area (Å²) in [5.41, 5.74) is 1.98. The second-order valence-corrected chi connectivity index (χ2v) is 9.61. The van der Waals surface area contributed by atoms with Gasteiger partial charge in [0, 0.05) is 22.8 Å². The number of hydrogen-bond acceptors (Lipinski definition) is 6. The average molecular weight is 684 g/mol. The van der Waals surface area contributed by atoms with Gasteiger partial charge in [-0.2, -0.15) is 0 Å². The molecule has 4 rings (SSSR count). The lowest BCUT2D eigenvalue weighted by Crippen LogP contribution is -2.06. The number of carbonyl (C=O) groups excluding carboxylic acids is 1. The summed E-state index contributed by atoms with van der Waals surface area (Å²) in [6.07, 6.45) is 1.57. The summed E-state index contributed by atoms with van der Waals surface area (Å²) in [7, 11) is 0. The maximum Gasteiger partial charge on any atom is 0.363 e. The van der Waals surface area contributed by atoms with E-state index < -0.39 is 10.9 Å². The number of cyclic esters (lactones) is 1. The first-order valence-electron chi connectivity index (χ1n) is 9.86. The maximum absolute atomic E-state index is 13.9. The van der Waals surface area contributed by atoms with Crippen LogP contribution in [-0.4, -0.2) is 16.8 Å². The average Bonchev–Trinajstić information content (AvgIpc) is 3.14. The molecule has 0 bridgehead atoms. The molecule has 0 saturated heterocycles. The fraction of sp³-hybridized carbons (Fsp3) is 0.0833. The van der Waals surface area contributed by atoms with Gasteiger partial charge >= 0.3 is 5.97 Å². The molecule has 3 aromatic rings. The van der Waals surface area contributed by atoms with E-state index in [4.69, 9.17) is 9.47 Å². The number of hydrogen-bond donors (Lipinski definition) is 0. The number of aliphatic imine (C=N–C) groups is 1. The number of esters is 1. The highest BCUT2D eigenvalue weighted by atomic mass is 127. The van der Waals surface area contributed by atoms with Gasteiger partial charge in [-0.05, 0) is 88.0 Å². The van der Waals surface area contributed by atoms with Gasteiger partial charge in [-0.3, -0.25) is 10.1 Å². The molecule has 1 heterocycles. The van der Waals surface area contributed by atoms with Gasteiger partial charge in [0.2, 0.25) is 5.90 Å². The Kier molecular flexibility index (Phi) is 7.26. The van der Waals surface area contributed by atoms with Crippen LogP contribution >= 0.6 is 45.2 Å². The standard InChI is InChI=1S/C24H15FI2N2O5/c1-13-6-7-15(11-21(13)29(31)32)23-28-20(24(30)34-23)10-14-8-18(26)22(19(27)9-14)33-12-16-4-2-3-5-17(16)25/h2-11H,12H2,1H3/b20-10-. The minimum absolute atomic E-state index is 0.00795. The van der Waals surface area contributed by atoms with E-state index in [0.29, 0.717) is 28.0 Å². The maximum atomic E-state index is 13.9. The number of carbonyl (C=O) groups is 1. The Morgan fingerprint density at radius 3 is 2.53 bits per heavy atom. The third-order valence-corrected chi connectivity index (χ3v) is 6.53. The van der Waals surface area contributed by atoms with Crippen LogP contribution in [0.15, 0.2) is 65.3 Å². The smallest absolute Gasteiger partial charge is 0.363 e. The van der Waals surface area contributed by atoms with Crippen LogP contribution < -0.4 is 4.74 Å². The molecule has 7 nitrogen and oxygen atoms in total. The van der Waals surface area contributed by atoms with Gasteiger partial charge in [-0.1, -0.05) is 24.3 Å². The van der Waals surface area contributed by atoms with Crippen LogP contribution in [0.3, 0.4) is 0 Å². The summed E-state index contributed by atoms with van der Waals surface area (Å²) >= 11 is 4.22. The molecule has 0 spiro atoms. The Labute approximate surface area is 221 Å². The Morgan fingerprint density at radius 2 is 1.85 bits per heavy atom. The minimum atomic E-state index is -0.650. The zero-order valence-corrected chi connectivity index (χ0v) is 21.9. The topological polar surface area (TPSA) is 91.0 Å². The second-order valence-electron chi connectivity index (χ2n) is 7.29. The predicted octanol–water partition coefficient (Wildman–Crippen LogP) is 6.18. The van der Waals surface area contributed by atoms with Gasteiger partial charge in [0.25, 0.3) is 5.69 Å². The van der Waals surface area contributed by atoms with E-state index in [1.807, 2.05) is 12.1 Å². The number of rotatable bonds is 6. The number of nitro benzene ring substituents is 1. The molecular formula is C24H15FI2N2O5. The van der Waals surface area contributed by atoms with Gasteiger partial charge in [-0.25, -0.2) is 14.2 Å². The molecule has 0 amide bonds. The van der Waals surface area contributed by atoms with E-state index in [-0.39, 0.29) is 29.7 Å². The van der Waals surface area contributed by atoms with Crippen molar-refractivity contribution < 1.29 is 23.6 Å². The van der Waals surface area contributed by atoms with Crippen LogP contribution in [0.2, 0.25) is 0 Å².